The van der Waals surface area contributed by atoms with Gasteiger partial charge in [0, 0.05) is 12.2 Å². The standard InChI is InChI=1S/C16H22N2O2/c17-13-5-3-12(4-6-13)16(9-10-16)14(19)18-11-15(20)7-1-2-8-15/h3-6,20H,1-2,7-11,17H2,(H,18,19). The predicted octanol–water partition coefficient (Wildman–Crippen LogP) is 1.72. The average Bonchev–Trinajstić information content (AvgIpc) is 3.14. The Labute approximate surface area is 119 Å². The van der Waals surface area contributed by atoms with Crippen LogP contribution in [0.15, 0.2) is 24.3 Å². The highest BCUT2D eigenvalue weighted by molar-refractivity contribution is 5.91. The second kappa shape index (κ2) is 4.77. The SMILES string of the molecule is Nc1ccc(C2(C(=O)NCC3(O)CCCC3)CC2)cc1. The molecule has 4 heteroatoms. The number of benzene rings is 1. The molecule has 4 nitrogen and oxygen atoms in total. The predicted molar refractivity (Wildman–Crippen MR) is 78.2 cm³/mol. The summed E-state index contributed by atoms with van der Waals surface area (Å²) < 4.78 is 0. The first kappa shape index (κ1) is 13.4. The molecule has 0 radical (unpaired) electrons. The van der Waals surface area contributed by atoms with Crippen LogP contribution in [0.5, 0.6) is 0 Å². The molecular weight excluding hydrogens is 252 g/mol. The molecule has 1 aromatic carbocycles. The zero-order valence-corrected chi connectivity index (χ0v) is 11.7. The van der Waals surface area contributed by atoms with Gasteiger partial charge in [-0.2, -0.15) is 0 Å². The van der Waals surface area contributed by atoms with Crippen molar-refractivity contribution in [3.8, 4) is 0 Å². The lowest BCUT2D eigenvalue weighted by Gasteiger charge is -2.24. The fourth-order valence-electron chi connectivity index (χ4n) is 3.20. The van der Waals surface area contributed by atoms with E-state index in [1.807, 2.05) is 24.3 Å². The minimum absolute atomic E-state index is 0.0441. The van der Waals surface area contributed by atoms with Crippen molar-refractivity contribution in [2.24, 2.45) is 0 Å². The molecule has 20 heavy (non-hydrogen) atoms. The minimum Gasteiger partial charge on any atom is -0.399 e. The maximum atomic E-state index is 12.5. The summed E-state index contributed by atoms with van der Waals surface area (Å²) >= 11 is 0. The lowest BCUT2D eigenvalue weighted by Crippen LogP contribution is -2.44. The second-order valence-corrected chi connectivity index (χ2v) is 6.32. The van der Waals surface area contributed by atoms with E-state index in [0.717, 1.165) is 44.1 Å². The second-order valence-electron chi connectivity index (χ2n) is 6.32. The van der Waals surface area contributed by atoms with Crippen LogP contribution in [0.25, 0.3) is 0 Å². The van der Waals surface area contributed by atoms with Crippen LogP contribution in [-0.2, 0) is 10.2 Å². The lowest BCUT2D eigenvalue weighted by molar-refractivity contribution is -0.124. The minimum atomic E-state index is -0.688. The highest BCUT2D eigenvalue weighted by atomic mass is 16.3. The third kappa shape index (κ3) is 2.40. The summed E-state index contributed by atoms with van der Waals surface area (Å²) in [5.74, 6) is 0.0441. The molecular formula is C16H22N2O2. The summed E-state index contributed by atoms with van der Waals surface area (Å²) in [7, 11) is 0. The van der Waals surface area contributed by atoms with Crippen LogP contribution < -0.4 is 11.1 Å². The number of hydrogen-bond donors (Lipinski definition) is 3. The van der Waals surface area contributed by atoms with Gasteiger partial charge in [-0.1, -0.05) is 25.0 Å². The molecule has 0 heterocycles. The van der Waals surface area contributed by atoms with Gasteiger partial charge < -0.3 is 16.2 Å². The molecule has 1 aromatic rings. The Bertz CT molecular complexity index is 500. The van der Waals surface area contributed by atoms with Crippen LogP contribution in [0.4, 0.5) is 5.69 Å². The van der Waals surface area contributed by atoms with E-state index in [-0.39, 0.29) is 11.3 Å². The molecule has 0 bridgehead atoms. The van der Waals surface area contributed by atoms with Crippen LogP contribution in [0, 0.1) is 0 Å². The van der Waals surface area contributed by atoms with Crippen molar-refractivity contribution in [1.82, 2.24) is 5.32 Å². The Morgan fingerprint density at radius 1 is 1.15 bits per heavy atom. The Morgan fingerprint density at radius 3 is 2.30 bits per heavy atom. The molecule has 108 valence electrons. The van der Waals surface area contributed by atoms with Gasteiger partial charge in [0.2, 0.25) is 5.91 Å². The van der Waals surface area contributed by atoms with Crippen molar-refractivity contribution >= 4 is 11.6 Å². The lowest BCUT2D eigenvalue weighted by atomic mass is 9.94. The highest BCUT2D eigenvalue weighted by Gasteiger charge is 2.51. The van der Waals surface area contributed by atoms with Crippen molar-refractivity contribution in [2.45, 2.75) is 49.5 Å². The molecule has 3 rings (SSSR count). The van der Waals surface area contributed by atoms with Crippen molar-refractivity contribution in [2.75, 3.05) is 12.3 Å². The number of amides is 1. The summed E-state index contributed by atoms with van der Waals surface area (Å²) in [6, 6.07) is 7.55. The zero-order chi connectivity index (χ0) is 14.2. The smallest absolute Gasteiger partial charge is 0.230 e. The average molecular weight is 274 g/mol. The molecule has 1 amide bonds. The van der Waals surface area contributed by atoms with E-state index in [1.165, 1.54) is 0 Å². The normalized spacial score (nSPS) is 22.4. The number of hydrogen-bond acceptors (Lipinski definition) is 3. The van der Waals surface area contributed by atoms with E-state index in [1.54, 1.807) is 0 Å². The fraction of sp³-hybridized carbons (Fsp3) is 0.562. The summed E-state index contributed by atoms with van der Waals surface area (Å²) in [5, 5.41) is 13.3. The number of nitrogens with two attached hydrogens (primary N) is 1. The van der Waals surface area contributed by atoms with Crippen LogP contribution in [-0.4, -0.2) is 23.2 Å². The van der Waals surface area contributed by atoms with E-state index in [4.69, 9.17) is 5.73 Å². The van der Waals surface area contributed by atoms with Crippen molar-refractivity contribution in [3.05, 3.63) is 29.8 Å². The summed E-state index contributed by atoms with van der Waals surface area (Å²) in [6.45, 7) is 0.378. The topological polar surface area (TPSA) is 75.4 Å². The molecule has 0 saturated heterocycles. The van der Waals surface area contributed by atoms with E-state index in [0.29, 0.717) is 12.2 Å². The molecule has 4 N–H and O–H groups in total. The maximum absolute atomic E-state index is 12.5. The third-order valence-electron chi connectivity index (χ3n) is 4.76. The molecule has 2 aliphatic carbocycles. The number of anilines is 1. The van der Waals surface area contributed by atoms with E-state index in [2.05, 4.69) is 5.32 Å². The van der Waals surface area contributed by atoms with Gasteiger partial charge in [0.15, 0.2) is 0 Å². The molecule has 0 spiro atoms. The highest BCUT2D eigenvalue weighted by Crippen LogP contribution is 2.48. The van der Waals surface area contributed by atoms with Gasteiger partial charge in [-0.15, -0.1) is 0 Å². The number of carbonyl (C=O) groups excluding carboxylic acids is 1. The van der Waals surface area contributed by atoms with Gasteiger partial charge in [0.25, 0.3) is 0 Å². The van der Waals surface area contributed by atoms with Gasteiger partial charge in [-0.3, -0.25) is 4.79 Å². The van der Waals surface area contributed by atoms with Gasteiger partial charge in [-0.05, 0) is 43.4 Å². The largest absolute Gasteiger partial charge is 0.399 e. The first-order valence-corrected chi connectivity index (χ1v) is 7.41. The molecule has 2 fully saturated rings. The van der Waals surface area contributed by atoms with Crippen LogP contribution in [0.1, 0.15) is 44.1 Å². The molecule has 2 saturated carbocycles. The number of aliphatic hydroxyl groups is 1. The summed E-state index contributed by atoms with van der Waals surface area (Å²) in [4.78, 5) is 12.5. The van der Waals surface area contributed by atoms with Gasteiger partial charge in [0.05, 0.1) is 11.0 Å². The fourth-order valence-corrected chi connectivity index (χ4v) is 3.20. The monoisotopic (exact) mass is 274 g/mol. The Hall–Kier alpha value is -1.55. The number of rotatable bonds is 4. The Kier molecular flexibility index (Phi) is 3.21. The van der Waals surface area contributed by atoms with Crippen LogP contribution >= 0.6 is 0 Å². The van der Waals surface area contributed by atoms with Crippen molar-refractivity contribution < 1.29 is 9.90 Å². The van der Waals surface area contributed by atoms with Crippen LogP contribution in [0.2, 0.25) is 0 Å². The van der Waals surface area contributed by atoms with Gasteiger partial charge in [-0.25, -0.2) is 0 Å². The maximum Gasteiger partial charge on any atom is 0.230 e. The summed E-state index contributed by atoms with van der Waals surface area (Å²) in [5.41, 5.74) is 6.36. The van der Waals surface area contributed by atoms with Crippen molar-refractivity contribution in [1.29, 1.82) is 0 Å². The Balaban J connectivity index is 1.66. The number of nitrogen functional groups attached to an aromatic ring is 1. The van der Waals surface area contributed by atoms with Crippen LogP contribution in [0.3, 0.4) is 0 Å². The number of nitrogens with one attached hydrogen (secondary N) is 1. The molecule has 0 aliphatic heterocycles. The first-order valence-electron chi connectivity index (χ1n) is 7.41. The quantitative estimate of drug-likeness (QED) is 0.732. The Morgan fingerprint density at radius 2 is 1.75 bits per heavy atom. The molecule has 0 unspecified atom stereocenters. The van der Waals surface area contributed by atoms with E-state index in [9.17, 15) is 9.90 Å². The summed E-state index contributed by atoms with van der Waals surface area (Å²) in [6.07, 6.45) is 5.44. The number of carbonyl (C=O) groups is 1. The van der Waals surface area contributed by atoms with Crippen molar-refractivity contribution in [3.63, 3.8) is 0 Å². The van der Waals surface area contributed by atoms with Gasteiger partial charge >= 0.3 is 0 Å². The third-order valence-corrected chi connectivity index (χ3v) is 4.76. The van der Waals surface area contributed by atoms with E-state index < -0.39 is 5.60 Å². The molecule has 2 aliphatic rings. The zero-order valence-electron chi connectivity index (χ0n) is 11.7. The molecule has 0 atom stereocenters. The van der Waals surface area contributed by atoms with Gasteiger partial charge in [0.1, 0.15) is 0 Å². The molecule has 0 aromatic heterocycles. The first-order chi connectivity index (χ1) is 9.54. The van der Waals surface area contributed by atoms with E-state index >= 15 is 0 Å².